The highest BCUT2D eigenvalue weighted by molar-refractivity contribution is 7.17. The lowest BCUT2D eigenvalue weighted by molar-refractivity contribution is -0.132. The molecule has 0 aliphatic carbocycles. The highest BCUT2D eigenvalue weighted by Gasteiger charge is 2.43. The summed E-state index contributed by atoms with van der Waals surface area (Å²) in [5, 5.41) is 26.3. The first-order chi connectivity index (χ1) is 21.7. The number of nitrogens with zero attached hydrogens (tertiary/aromatic N) is 5. The summed E-state index contributed by atoms with van der Waals surface area (Å²) in [6.07, 6.45) is -1.64. The molecule has 1 aliphatic rings. The summed E-state index contributed by atoms with van der Waals surface area (Å²) in [6.45, 7) is 12.0. The normalized spacial score (nSPS) is 14.9. The zero-order valence-corrected chi connectivity index (χ0v) is 29.4. The van der Waals surface area contributed by atoms with Crippen molar-refractivity contribution in [1.82, 2.24) is 24.6 Å². The van der Waals surface area contributed by atoms with E-state index >= 15 is 0 Å². The van der Waals surface area contributed by atoms with Crippen molar-refractivity contribution >= 4 is 52.1 Å². The van der Waals surface area contributed by atoms with Crippen molar-refractivity contribution in [2.24, 2.45) is 0 Å². The first-order valence-corrected chi connectivity index (χ1v) is 16.2. The number of nitrogens with one attached hydrogen (secondary N) is 2. The van der Waals surface area contributed by atoms with Crippen LogP contribution < -0.4 is 10.6 Å². The molecule has 1 aromatic carbocycles. The van der Waals surface area contributed by atoms with Crippen molar-refractivity contribution < 1.29 is 34.2 Å². The number of anilines is 2. The number of rotatable bonds is 10. The first-order valence-electron chi connectivity index (χ1n) is 15.4. The summed E-state index contributed by atoms with van der Waals surface area (Å²) >= 11 is 1.09. The minimum atomic E-state index is -1.28. The third-order valence-electron chi connectivity index (χ3n) is 7.66. The molecule has 2 aromatic rings. The van der Waals surface area contributed by atoms with Gasteiger partial charge in [0.2, 0.25) is 11.8 Å². The predicted molar refractivity (Wildman–Crippen MR) is 180 cm³/mol. The Morgan fingerprint density at radius 1 is 0.957 bits per heavy atom. The number of aromatic nitrogens is 1. The van der Waals surface area contributed by atoms with Gasteiger partial charge in [-0.05, 0) is 84.9 Å². The lowest BCUT2D eigenvalue weighted by atomic mass is 10.0. The van der Waals surface area contributed by atoms with E-state index in [-0.39, 0.29) is 17.7 Å². The zero-order valence-electron chi connectivity index (χ0n) is 28.6. The Kier molecular flexibility index (Phi) is 11.5. The summed E-state index contributed by atoms with van der Waals surface area (Å²) < 4.78 is 0. The monoisotopic (exact) mass is 673 g/mol. The quantitative estimate of drug-likeness (QED) is 0.257. The molecule has 0 unspecified atom stereocenters. The molecule has 4 N–H and O–H groups in total. The Hall–Kier alpha value is -4.40. The van der Waals surface area contributed by atoms with Crippen LogP contribution in [0.2, 0.25) is 0 Å². The first kappa shape index (κ1) is 37.1. The van der Waals surface area contributed by atoms with Gasteiger partial charge in [0, 0.05) is 44.3 Å². The van der Waals surface area contributed by atoms with E-state index in [1.807, 2.05) is 12.1 Å². The van der Waals surface area contributed by atoms with Gasteiger partial charge in [0.15, 0.2) is 11.4 Å². The van der Waals surface area contributed by atoms with Gasteiger partial charge in [0.25, 0.3) is 5.91 Å². The van der Waals surface area contributed by atoms with E-state index in [0.717, 1.165) is 26.7 Å². The van der Waals surface area contributed by atoms with E-state index < -0.39 is 35.6 Å². The molecule has 47 heavy (non-hydrogen) atoms. The van der Waals surface area contributed by atoms with Crippen LogP contribution in [-0.4, -0.2) is 109 Å². The molecule has 1 fully saturated rings. The summed E-state index contributed by atoms with van der Waals surface area (Å²) in [5.74, 6) is -0.739. The average Bonchev–Trinajstić information content (AvgIpc) is 3.57. The fourth-order valence-corrected chi connectivity index (χ4v) is 6.54. The average molecular weight is 674 g/mol. The maximum atomic E-state index is 13.7. The van der Waals surface area contributed by atoms with Crippen LogP contribution in [0.4, 0.5) is 20.4 Å². The van der Waals surface area contributed by atoms with Crippen LogP contribution in [-0.2, 0) is 22.4 Å². The van der Waals surface area contributed by atoms with Gasteiger partial charge in [0.05, 0.1) is 5.69 Å². The highest BCUT2D eigenvalue weighted by Crippen LogP contribution is 2.31. The van der Waals surface area contributed by atoms with Gasteiger partial charge in [-0.25, -0.2) is 14.6 Å². The number of hydrogen-bond donors (Lipinski definition) is 4. The molecule has 2 heterocycles. The molecule has 3 rings (SSSR count). The van der Waals surface area contributed by atoms with Crippen molar-refractivity contribution in [2.75, 3.05) is 31.3 Å². The predicted octanol–water partition coefficient (Wildman–Crippen LogP) is 4.83. The Bertz CT molecular complexity index is 1450. The second kappa shape index (κ2) is 14.6. The van der Waals surface area contributed by atoms with Gasteiger partial charge in [-0.1, -0.05) is 23.5 Å². The lowest BCUT2D eigenvalue weighted by Crippen LogP contribution is -2.66. The third kappa shape index (κ3) is 9.11. The molecule has 1 aliphatic heterocycles. The number of aryl methyl sites for hydroxylation is 2. The maximum Gasteiger partial charge on any atom is 0.410 e. The molecule has 0 spiro atoms. The number of benzene rings is 1. The van der Waals surface area contributed by atoms with Crippen LogP contribution in [0.25, 0.3) is 0 Å². The summed E-state index contributed by atoms with van der Waals surface area (Å²) in [5.41, 5.74) is 0.0380. The van der Waals surface area contributed by atoms with Crippen LogP contribution in [0.3, 0.4) is 0 Å². The largest absolute Gasteiger partial charge is 0.465 e. The summed E-state index contributed by atoms with van der Waals surface area (Å²) in [4.78, 5) is 73.2. The van der Waals surface area contributed by atoms with E-state index in [1.165, 1.54) is 11.8 Å². The molecule has 0 saturated carbocycles. The molecule has 1 atom stereocenters. The molecule has 5 amide bonds. The molecule has 14 nitrogen and oxygen atoms in total. The van der Waals surface area contributed by atoms with Crippen LogP contribution in [0.5, 0.6) is 0 Å². The minimum Gasteiger partial charge on any atom is -0.465 e. The fraction of sp³-hybridized carbons (Fsp3) is 0.562. The second-order valence-electron chi connectivity index (χ2n) is 13.7. The number of carboxylic acid groups (broad SMARTS) is 2. The van der Waals surface area contributed by atoms with Gasteiger partial charge in [0.1, 0.15) is 10.9 Å². The highest BCUT2D eigenvalue weighted by atomic mass is 32.1. The van der Waals surface area contributed by atoms with Crippen LogP contribution in [0.15, 0.2) is 24.3 Å². The van der Waals surface area contributed by atoms with Crippen molar-refractivity contribution in [1.29, 1.82) is 0 Å². The second-order valence-corrected chi connectivity index (χ2v) is 14.7. The number of thiazole rings is 1. The topological polar surface area (TPSA) is 176 Å². The van der Waals surface area contributed by atoms with E-state index in [2.05, 4.69) is 15.6 Å². The number of amides is 5. The van der Waals surface area contributed by atoms with E-state index in [0.29, 0.717) is 53.6 Å². The molecule has 1 saturated heterocycles. The number of likely N-dealkylation sites (N-methyl/N-ethyl adjacent to an activating group) is 1. The lowest BCUT2D eigenvalue weighted by Gasteiger charge is -2.48. The maximum absolute atomic E-state index is 13.7. The number of carbonyl (C=O) groups is 5. The Morgan fingerprint density at radius 2 is 1.51 bits per heavy atom. The Balaban J connectivity index is 1.87. The standard InChI is InChI=1S/C32H47N7O7S/c1-19(40)33-27-35-22(24(47-27)26(42)37-18-10-11-23(37)25(41)36(8)9)17-14-20-12-15-21(16-13-20)34-28(38(29(43)44)31(2,3)4)39(30(45)46)32(5,6)7/h12-13,15-16,23,28,34H,10-11,14,17-18H2,1-9H3,(H,43,44)(H,45,46)(H,33,35,40)/t23-/m0/s1. The van der Waals surface area contributed by atoms with Crippen LogP contribution in [0.1, 0.15) is 82.2 Å². The molecule has 0 radical (unpaired) electrons. The fourth-order valence-electron chi connectivity index (χ4n) is 5.53. The number of carbonyl (C=O) groups excluding carboxylic acids is 3. The van der Waals surface area contributed by atoms with E-state index in [1.54, 1.807) is 72.7 Å². The molecule has 0 bridgehead atoms. The van der Waals surface area contributed by atoms with Crippen LogP contribution in [0, 0.1) is 0 Å². The smallest absolute Gasteiger partial charge is 0.410 e. The van der Waals surface area contributed by atoms with Gasteiger partial charge in [-0.2, -0.15) is 0 Å². The third-order valence-corrected chi connectivity index (χ3v) is 8.66. The Labute approximate surface area is 279 Å². The van der Waals surface area contributed by atoms with Gasteiger partial charge in [-0.3, -0.25) is 24.2 Å². The minimum absolute atomic E-state index is 0.136. The molecular formula is C32H47N7O7S. The van der Waals surface area contributed by atoms with Crippen molar-refractivity contribution in [3.8, 4) is 0 Å². The zero-order chi connectivity index (χ0) is 35.4. The number of hydrogen-bond acceptors (Lipinski definition) is 8. The molecular weight excluding hydrogens is 626 g/mol. The molecule has 15 heteroatoms. The SMILES string of the molecule is CC(=O)Nc1nc(CCc2ccc(NC(N(C(=O)O)C(C)(C)C)N(C(=O)O)C(C)(C)C)cc2)c(C(=O)N2CCC[C@H]2C(=O)N(C)C)s1. The Morgan fingerprint density at radius 3 is 1.98 bits per heavy atom. The van der Waals surface area contributed by atoms with Crippen molar-refractivity contribution in [2.45, 2.75) is 97.6 Å². The summed E-state index contributed by atoms with van der Waals surface area (Å²) in [7, 11) is 3.33. The summed E-state index contributed by atoms with van der Waals surface area (Å²) in [6, 6.07) is 6.60. The van der Waals surface area contributed by atoms with Crippen LogP contribution >= 0.6 is 11.3 Å². The van der Waals surface area contributed by atoms with E-state index in [9.17, 15) is 34.2 Å². The van der Waals surface area contributed by atoms with Crippen molar-refractivity contribution in [3.63, 3.8) is 0 Å². The van der Waals surface area contributed by atoms with Gasteiger partial charge < -0.3 is 30.6 Å². The number of likely N-dealkylation sites (tertiary alicyclic amines) is 1. The molecule has 258 valence electrons. The van der Waals surface area contributed by atoms with E-state index in [4.69, 9.17) is 0 Å². The van der Waals surface area contributed by atoms with Gasteiger partial charge >= 0.3 is 12.2 Å². The van der Waals surface area contributed by atoms with Gasteiger partial charge in [-0.15, -0.1) is 0 Å². The molecule has 1 aromatic heterocycles. The van der Waals surface area contributed by atoms with Crippen molar-refractivity contribution in [3.05, 3.63) is 40.4 Å².